The van der Waals surface area contributed by atoms with E-state index in [1.165, 1.54) is 12.5 Å². The van der Waals surface area contributed by atoms with Crippen LogP contribution < -0.4 is 0 Å². The Hall–Kier alpha value is -2.68. The highest BCUT2D eigenvalue weighted by Crippen LogP contribution is 2.55. The first-order chi connectivity index (χ1) is 12.4. The van der Waals surface area contributed by atoms with E-state index in [0.717, 1.165) is 6.42 Å². The first kappa shape index (κ1) is 18.1. The predicted octanol–water partition coefficient (Wildman–Crippen LogP) is 4.76. The van der Waals surface area contributed by atoms with Crippen LogP contribution in [0.3, 0.4) is 0 Å². The number of hydrogen-bond acceptors (Lipinski definition) is 2. The van der Waals surface area contributed by atoms with Crippen molar-refractivity contribution >= 4 is 11.8 Å². The van der Waals surface area contributed by atoms with Gasteiger partial charge in [-0.1, -0.05) is 72.3 Å². The number of hydrogen-bond donors (Lipinski definition) is 1. The van der Waals surface area contributed by atoms with Crippen LogP contribution in [0.25, 0.3) is 0 Å². The van der Waals surface area contributed by atoms with Crippen molar-refractivity contribution in [2.45, 2.75) is 38.5 Å². The van der Waals surface area contributed by atoms with E-state index in [2.05, 4.69) is 0 Å². The normalized spacial score (nSPS) is 20.3. The van der Waals surface area contributed by atoms with Gasteiger partial charge in [0.15, 0.2) is 0 Å². The van der Waals surface area contributed by atoms with Crippen LogP contribution in [-0.2, 0) is 15.0 Å². The second kappa shape index (κ2) is 6.91. The van der Waals surface area contributed by atoms with E-state index in [0.29, 0.717) is 24.0 Å². The van der Waals surface area contributed by atoms with Gasteiger partial charge in [0.1, 0.15) is 11.2 Å². The lowest BCUT2D eigenvalue weighted by Crippen LogP contribution is -2.56. The summed E-state index contributed by atoms with van der Waals surface area (Å²) in [5.41, 5.74) is 0.0885. The zero-order valence-electron chi connectivity index (χ0n) is 15.2. The molecule has 26 heavy (non-hydrogen) atoms. The summed E-state index contributed by atoms with van der Waals surface area (Å²) >= 11 is 0. The van der Waals surface area contributed by atoms with Crippen LogP contribution in [0, 0.1) is 5.41 Å². The van der Waals surface area contributed by atoms with E-state index >= 15 is 0 Å². The number of ketones is 1. The third-order valence-corrected chi connectivity index (χ3v) is 5.87. The summed E-state index contributed by atoms with van der Waals surface area (Å²) in [7, 11) is 0. The molecule has 0 radical (unpaired) electrons. The molecule has 1 unspecified atom stereocenters. The van der Waals surface area contributed by atoms with Gasteiger partial charge in [0.25, 0.3) is 0 Å². The Morgan fingerprint density at radius 3 is 1.81 bits per heavy atom. The fourth-order valence-electron chi connectivity index (χ4n) is 4.43. The molecule has 0 saturated carbocycles. The van der Waals surface area contributed by atoms with E-state index in [4.69, 9.17) is 0 Å². The quantitative estimate of drug-likeness (QED) is 0.792. The van der Waals surface area contributed by atoms with Crippen molar-refractivity contribution in [3.63, 3.8) is 0 Å². The van der Waals surface area contributed by atoms with Crippen molar-refractivity contribution in [3.05, 3.63) is 83.4 Å². The molecule has 1 N–H and O–H groups in total. The molecule has 0 spiro atoms. The van der Waals surface area contributed by atoms with Gasteiger partial charge in [-0.05, 0) is 44.2 Å². The maximum absolute atomic E-state index is 13.0. The molecule has 0 fully saturated rings. The van der Waals surface area contributed by atoms with Crippen molar-refractivity contribution < 1.29 is 14.7 Å². The topological polar surface area (TPSA) is 54.4 Å². The monoisotopic (exact) mass is 348 g/mol. The summed E-state index contributed by atoms with van der Waals surface area (Å²) in [5, 5.41) is 10.6. The number of carbonyl (C=O) groups is 2. The van der Waals surface area contributed by atoms with E-state index in [9.17, 15) is 14.7 Å². The molecule has 2 aromatic carbocycles. The highest BCUT2D eigenvalue weighted by atomic mass is 16.4. The van der Waals surface area contributed by atoms with Crippen LogP contribution in [0.4, 0.5) is 0 Å². The van der Waals surface area contributed by atoms with Crippen LogP contribution in [0.2, 0.25) is 0 Å². The summed E-state index contributed by atoms with van der Waals surface area (Å²) in [6.07, 6.45) is 3.73. The smallest absolute Gasteiger partial charge is 0.319 e. The van der Waals surface area contributed by atoms with Crippen molar-refractivity contribution in [2.24, 2.45) is 5.41 Å². The molecule has 134 valence electrons. The van der Waals surface area contributed by atoms with Gasteiger partial charge in [-0.15, -0.1) is 0 Å². The fraction of sp³-hybridized carbons (Fsp3) is 0.304. The zero-order chi connectivity index (χ0) is 18.8. The third kappa shape index (κ3) is 2.59. The molecule has 1 atom stereocenters. The van der Waals surface area contributed by atoms with Crippen molar-refractivity contribution in [3.8, 4) is 0 Å². The van der Waals surface area contributed by atoms with Crippen molar-refractivity contribution in [1.82, 2.24) is 0 Å². The summed E-state index contributed by atoms with van der Waals surface area (Å²) in [5.74, 6) is -1.05. The van der Waals surface area contributed by atoms with Gasteiger partial charge in [-0.2, -0.15) is 0 Å². The lowest BCUT2D eigenvalue weighted by Gasteiger charge is -2.48. The van der Waals surface area contributed by atoms with Gasteiger partial charge in [-0.3, -0.25) is 9.59 Å². The highest BCUT2D eigenvalue weighted by molar-refractivity contribution is 5.97. The predicted molar refractivity (Wildman–Crippen MR) is 102 cm³/mol. The summed E-state index contributed by atoms with van der Waals surface area (Å²) in [6.45, 7) is 3.58. The number of aliphatic carboxylic acids is 1. The molecule has 3 heteroatoms. The first-order valence-electron chi connectivity index (χ1n) is 8.96. The highest BCUT2D eigenvalue weighted by Gasteiger charge is 2.61. The van der Waals surface area contributed by atoms with Crippen LogP contribution >= 0.6 is 0 Å². The number of carboxylic acid groups (broad SMARTS) is 1. The SMILES string of the molecule is CC(=O)C1(C(C(=O)O)(c2ccccc2)c2ccccc2)CC=C(C)CC1. The third-order valence-electron chi connectivity index (χ3n) is 5.87. The molecule has 3 nitrogen and oxygen atoms in total. The maximum atomic E-state index is 13.0. The minimum Gasteiger partial charge on any atom is -0.480 e. The Balaban J connectivity index is 2.40. The van der Waals surface area contributed by atoms with Crippen LogP contribution in [0.1, 0.15) is 44.2 Å². The number of benzene rings is 2. The minimum atomic E-state index is -1.42. The number of rotatable bonds is 5. The van der Waals surface area contributed by atoms with E-state index in [1.54, 1.807) is 0 Å². The van der Waals surface area contributed by atoms with Crippen molar-refractivity contribution in [1.29, 1.82) is 0 Å². The molecule has 0 bridgehead atoms. The van der Waals surface area contributed by atoms with Gasteiger partial charge in [0, 0.05) is 0 Å². The van der Waals surface area contributed by atoms with Crippen LogP contribution in [0.5, 0.6) is 0 Å². The van der Waals surface area contributed by atoms with Gasteiger partial charge < -0.3 is 5.11 Å². The van der Waals surface area contributed by atoms with E-state index < -0.39 is 16.8 Å². The zero-order valence-corrected chi connectivity index (χ0v) is 15.2. The Kier molecular flexibility index (Phi) is 4.82. The Labute approximate surface area is 154 Å². The molecule has 0 saturated heterocycles. The standard InChI is InChI=1S/C23H24O3/c1-17-13-15-22(16-14-17,18(2)24)23(21(25)26,19-9-5-3-6-10-19)20-11-7-4-8-12-20/h3-13H,14-16H2,1-2H3,(H,25,26). The molecule has 1 aliphatic rings. The molecular formula is C23H24O3. The van der Waals surface area contributed by atoms with Crippen LogP contribution in [0.15, 0.2) is 72.3 Å². The van der Waals surface area contributed by atoms with Crippen molar-refractivity contribution in [2.75, 3.05) is 0 Å². The van der Waals surface area contributed by atoms with Gasteiger partial charge >= 0.3 is 5.97 Å². The summed E-state index contributed by atoms with van der Waals surface area (Å²) in [6, 6.07) is 18.4. The molecule has 0 heterocycles. The molecule has 3 rings (SSSR count). The molecule has 1 aliphatic carbocycles. The molecule has 0 amide bonds. The lowest BCUT2D eigenvalue weighted by atomic mass is 9.51. The number of carbonyl (C=O) groups excluding carboxylic acids is 1. The Morgan fingerprint density at radius 2 is 1.46 bits per heavy atom. The van der Waals surface area contributed by atoms with E-state index in [1.807, 2.05) is 73.7 Å². The molecular weight excluding hydrogens is 324 g/mol. The van der Waals surface area contributed by atoms with E-state index in [-0.39, 0.29) is 5.78 Å². The van der Waals surface area contributed by atoms with Gasteiger partial charge in [0.05, 0.1) is 5.41 Å². The number of carboxylic acids is 1. The van der Waals surface area contributed by atoms with Crippen LogP contribution in [-0.4, -0.2) is 16.9 Å². The minimum absolute atomic E-state index is 0.0728. The molecule has 2 aromatic rings. The molecule has 0 aromatic heterocycles. The second-order valence-electron chi connectivity index (χ2n) is 7.18. The molecule has 0 aliphatic heterocycles. The summed E-state index contributed by atoms with van der Waals surface area (Å²) < 4.78 is 0. The Bertz CT molecular complexity index is 797. The fourth-order valence-corrected chi connectivity index (χ4v) is 4.43. The summed E-state index contributed by atoms with van der Waals surface area (Å²) in [4.78, 5) is 26.0. The second-order valence-corrected chi connectivity index (χ2v) is 7.18. The lowest BCUT2D eigenvalue weighted by molar-refractivity contribution is -0.153. The van der Waals surface area contributed by atoms with Gasteiger partial charge in [-0.25, -0.2) is 0 Å². The van der Waals surface area contributed by atoms with Gasteiger partial charge in [0.2, 0.25) is 0 Å². The first-order valence-corrected chi connectivity index (χ1v) is 8.96. The average molecular weight is 348 g/mol. The Morgan fingerprint density at radius 1 is 0.962 bits per heavy atom. The number of allylic oxidation sites excluding steroid dienone is 2. The number of Topliss-reactive ketones (excluding diaryl/α,β-unsaturated/α-hetero) is 1. The average Bonchev–Trinajstić information content (AvgIpc) is 2.65. The maximum Gasteiger partial charge on any atom is 0.319 e. The largest absolute Gasteiger partial charge is 0.480 e.